The highest BCUT2D eigenvalue weighted by Gasteiger charge is 2.08. The Bertz CT molecular complexity index is 591. The Hall–Kier alpha value is -0.880. The molecule has 17 heavy (non-hydrogen) atoms. The Labute approximate surface area is 116 Å². The van der Waals surface area contributed by atoms with Gasteiger partial charge in [0.15, 0.2) is 0 Å². The fourth-order valence-corrected chi connectivity index (χ4v) is 2.22. The van der Waals surface area contributed by atoms with Crippen LogP contribution in [0.2, 0.25) is 5.02 Å². The van der Waals surface area contributed by atoms with E-state index >= 15 is 0 Å². The number of hydrogen-bond acceptors (Lipinski definition) is 1. The molecular formula is C12H8ClFINO. The van der Waals surface area contributed by atoms with Gasteiger partial charge in [0.25, 0.3) is 5.56 Å². The van der Waals surface area contributed by atoms with E-state index < -0.39 is 5.82 Å². The second kappa shape index (κ2) is 5.18. The second-order valence-electron chi connectivity index (χ2n) is 3.51. The summed E-state index contributed by atoms with van der Waals surface area (Å²) in [6, 6.07) is 7.65. The predicted molar refractivity (Wildman–Crippen MR) is 73.9 cm³/mol. The Morgan fingerprint density at radius 3 is 2.76 bits per heavy atom. The van der Waals surface area contributed by atoms with Gasteiger partial charge in [-0.25, -0.2) is 4.39 Å². The first-order chi connectivity index (χ1) is 8.08. The molecule has 88 valence electrons. The monoisotopic (exact) mass is 363 g/mol. The van der Waals surface area contributed by atoms with E-state index in [0.29, 0.717) is 10.6 Å². The van der Waals surface area contributed by atoms with Crippen LogP contribution in [-0.2, 0) is 6.54 Å². The molecule has 1 heterocycles. The molecule has 0 unspecified atom stereocenters. The van der Waals surface area contributed by atoms with Gasteiger partial charge in [0.1, 0.15) is 5.82 Å². The molecule has 0 saturated heterocycles. The summed E-state index contributed by atoms with van der Waals surface area (Å²) < 4.78 is 15.9. The van der Waals surface area contributed by atoms with Crippen LogP contribution in [0.25, 0.3) is 0 Å². The SMILES string of the molecule is O=c1ccc(I)cn1Cc1c(F)cccc1Cl. The molecular weight excluding hydrogens is 355 g/mol. The molecule has 0 aliphatic carbocycles. The number of rotatable bonds is 2. The van der Waals surface area contributed by atoms with Gasteiger partial charge in [0.05, 0.1) is 6.54 Å². The van der Waals surface area contributed by atoms with E-state index in [0.717, 1.165) is 3.57 Å². The molecule has 0 radical (unpaired) electrons. The first-order valence-corrected chi connectivity index (χ1v) is 6.32. The number of benzene rings is 1. The van der Waals surface area contributed by atoms with Crippen molar-refractivity contribution in [3.8, 4) is 0 Å². The molecule has 1 aromatic heterocycles. The van der Waals surface area contributed by atoms with Gasteiger partial charge in [-0.1, -0.05) is 17.7 Å². The van der Waals surface area contributed by atoms with Crippen molar-refractivity contribution in [1.82, 2.24) is 4.57 Å². The Balaban J connectivity index is 2.45. The molecule has 1 aromatic carbocycles. The summed E-state index contributed by atoms with van der Waals surface area (Å²) in [4.78, 5) is 11.6. The molecule has 2 nitrogen and oxygen atoms in total. The maximum absolute atomic E-state index is 13.6. The van der Waals surface area contributed by atoms with E-state index in [2.05, 4.69) is 22.6 Å². The lowest BCUT2D eigenvalue weighted by molar-refractivity contribution is 0.596. The smallest absolute Gasteiger partial charge is 0.250 e. The maximum Gasteiger partial charge on any atom is 0.250 e. The van der Waals surface area contributed by atoms with Crippen molar-refractivity contribution in [1.29, 1.82) is 0 Å². The van der Waals surface area contributed by atoms with Crippen molar-refractivity contribution < 1.29 is 4.39 Å². The minimum Gasteiger partial charge on any atom is -0.310 e. The Morgan fingerprint density at radius 2 is 2.06 bits per heavy atom. The quantitative estimate of drug-likeness (QED) is 0.751. The number of aromatic nitrogens is 1. The van der Waals surface area contributed by atoms with E-state index in [4.69, 9.17) is 11.6 Å². The largest absolute Gasteiger partial charge is 0.310 e. The molecule has 0 aliphatic heterocycles. The van der Waals surface area contributed by atoms with E-state index in [-0.39, 0.29) is 12.1 Å². The van der Waals surface area contributed by atoms with Crippen molar-refractivity contribution in [3.63, 3.8) is 0 Å². The topological polar surface area (TPSA) is 22.0 Å². The van der Waals surface area contributed by atoms with Gasteiger partial charge in [-0.05, 0) is 40.8 Å². The third kappa shape index (κ3) is 2.87. The van der Waals surface area contributed by atoms with Crippen LogP contribution in [0.5, 0.6) is 0 Å². The average Bonchev–Trinajstić information content (AvgIpc) is 2.28. The summed E-state index contributed by atoms with van der Waals surface area (Å²) in [6.45, 7) is 0.140. The van der Waals surface area contributed by atoms with Gasteiger partial charge < -0.3 is 4.57 Å². The maximum atomic E-state index is 13.6. The zero-order valence-corrected chi connectivity index (χ0v) is 11.6. The van der Waals surface area contributed by atoms with E-state index in [1.165, 1.54) is 16.7 Å². The van der Waals surface area contributed by atoms with Crippen LogP contribution in [0.15, 0.2) is 41.3 Å². The van der Waals surface area contributed by atoms with E-state index in [1.54, 1.807) is 24.4 Å². The van der Waals surface area contributed by atoms with Gasteiger partial charge in [-0.3, -0.25) is 4.79 Å². The molecule has 2 rings (SSSR count). The zero-order chi connectivity index (χ0) is 12.4. The summed E-state index contributed by atoms with van der Waals surface area (Å²) >= 11 is 8.01. The van der Waals surface area contributed by atoms with Crippen LogP contribution in [-0.4, -0.2) is 4.57 Å². The highest BCUT2D eigenvalue weighted by atomic mass is 127. The third-order valence-electron chi connectivity index (χ3n) is 2.34. The van der Waals surface area contributed by atoms with Gasteiger partial charge in [-0.2, -0.15) is 0 Å². The number of nitrogens with zero attached hydrogens (tertiary/aromatic N) is 1. The molecule has 0 saturated carbocycles. The zero-order valence-electron chi connectivity index (χ0n) is 8.66. The summed E-state index contributed by atoms with van der Waals surface area (Å²) in [5, 5.41) is 0.329. The first kappa shape index (κ1) is 12.6. The Kier molecular flexibility index (Phi) is 3.83. The van der Waals surface area contributed by atoms with Gasteiger partial charge in [0, 0.05) is 26.4 Å². The van der Waals surface area contributed by atoms with Crippen molar-refractivity contribution in [2.75, 3.05) is 0 Å². The van der Waals surface area contributed by atoms with Gasteiger partial charge in [0.2, 0.25) is 0 Å². The summed E-state index contributed by atoms with van der Waals surface area (Å²) in [6.07, 6.45) is 1.67. The average molecular weight is 364 g/mol. The highest BCUT2D eigenvalue weighted by molar-refractivity contribution is 14.1. The third-order valence-corrected chi connectivity index (χ3v) is 3.33. The highest BCUT2D eigenvalue weighted by Crippen LogP contribution is 2.19. The number of halogens is 3. The molecule has 0 fully saturated rings. The van der Waals surface area contributed by atoms with Crippen molar-refractivity contribution in [3.05, 3.63) is 66.9 Å². The standard InChI is InChI=1S/C12H8ClFINO/c13-10-2-1-3-11(14)9(10)7-16-6-8(15)4-5-12(16)17/h1-6H,7H2. The molecule has 5 heteroatoms. The van der Waals surface area contributed by atoms with Crippen LogP contribution < -0.4 is 5.56 Å². The summed E-state index contributed by atoms with van der Waals surface area (Å²) in [5.74, 6) is -0.400. The minimum atomic E-state index is -0.400. The minimum absolute atomic E-state index is 0.140. The lowest BCUT2D eigenvalue weighted by Gasteiger charge is -2.08. The first-order valence-electron chi connectivity index (χ1n) is 4.87. The van der Waals surface area contributed by atoms with E-state index in [9.17, 15) is 9.18 Å². The van der Waals surface area contributed by atoms with Gasteiger partial charge >= 0.3 is 0 Å². The molecule has 0 bridgehead atoms. The predicted octanol–water partition coefficient (Wildman–Crippen LogP) is 3.29. The molecule has 0 amide bonds. The lowest BCUT2D eigenvalue weighted by atomic mass is 10.2. The normalized spacial score (nSPS) is 10.5. The Morgan fingerprint density at radius 1 is 1.29 bits per heavy atom. The van der Waals surface area contributed by atoms with Gasteiger partial charge in [-0.15, -0.1) is 0 Å². The summed E-state index contributed by atoms with van der Waals surface area (Å²) in [7, 11) is 0. The van der Waals surface area contributed by atoms with Crippen LogP contribution in [0.4, 0.5) is 4.39 Å². The van der Waals surface area contributed by atoms with Crippen molar-refractivity contribution in [2.24, 2.45) is 0 Å². The van der Waals surface area contributed by atoms with Crippen LogP contribution >= 0.6 is 34.2 Å². The molecule has 0 atom stereocenters. The van der Waals surface area contributed by atoms with E-state index in [1.807, 2.05) is 0 Å². The summed E-state index contributed by atoms with van der Waals surface area (Å²) in [5.41, 5.74) is 0.156. The second-order valence-corrected chi connectivity index (χ2v) is 5.17. The molecule has 0 spiro atoms. The van der Waals surface area contributed by atoms with Crippen molar-refractivity contribution >= 4 is 34.2 Å². The fourth-order valence-electron chi connectivity index (χ4n) is 1.48. The number of pyridine rings is 1. The fraction of sp³-hybridized carbons (Fsp3) is 0.0833. The molecule has 2 aromatic rings. The van der Waals surface area contributed by atoms with Crippen LogP contribution in [0, 0.1) is 9.39 Å². The lowest BCUT2D eigenvalue weighted by Crippen LogP contribution is -2.20. The molecule has 0 aliphatic rings. The van der Waals surface area contributed by atoms with Crippen LogP contribution in [0.1, 0.15) is 5.56 Å². The van der Waals surface area contributed by atoms with Crippen LogP contribution in [0.3, 0.4) is 0 Å². The molecule has 0 N–H and O–H groups in total. The number of hydrogen-bond donors (Lipinski definition) is 0. The van der Waals surface area contributed by atoms with Crippen molar-refractivity contribution in [2.45, 2.75) is 6.54 Å².